The molecule has 2 aliphatic rings. The maximum absolute atomic E-state index is 5.84. The number of rotatable bonds is 4. The third-order valence-corrected chi connectivity index (χ3v) is 3.55. The number of nitrogens with one attached hydrogen (secondary N) is 1. The van der Waals surface area contributed by atoms with Crippen LogP contribution in [0.4, 0.5) is 0 Å². The van der Waals surface area contributed by atoms with Gasteiger partial charge in [0.15, 0.2) is 0 Å². The van der Waals surface area contributed by atoms with Crippen molar-refractivity contribution in [2.75, 3.05) is 19.7 Å². The molecule has 0 amide bonds. The van der Waals surface area contributed by atoms with Crippen molar-refractivity contribution < 1.29 is 4.74 Å². The summed E-state index contributed by atoms with van der Waals surface area (Å²) < 4.78 is 5.84. The monoisotopic (exact) mass is 217 g/mol. The molecule has 0 bridgehead atoms. The second-order valence-corrected chi connectivity index (χ2v) is 4.91. The van der Waals surface area contributed by atoms with Crippen LogP contribution in [0.2, 0.25) is 0 Å². The fraction of sp³-hybridized carbons (Fsp3) is 0.571. The lowest BCUT2D eigenvalue weighted by molar-refractivity contribution is 0.0425. The van der Waals surface area contributed by atoms with Crippen molar-refractivity contribution in [3.05, 3.63) is 35.4 Å². The van der Waals surface area contributed by atoms with Gasteiger partial charge < -0.3 is 10.1 Å². The van der Waals surface area contributed by atoms with Crippen LogP contribution in [0.5, 0.6) is 0 Å². The minimum atomic E-state index is 0.267. The van der Waals surface area contributed by atoms with Gasteiger partial charge in [-0.25, -0.2) is 0 Å². The van der Waals surface area contributed by atoms with Crippen molar-refractivity contribution >= 4 is 0 Å². The van der Waals surface area contributed by atoms with E-state index in [1.807, 2.05) is 0 Å². The topological polar surface area (TPSA) is 21.3 Å². The first kappa shape index (κ1) is 10.3. The van der Waals surface area contributed by atoms with Gasteiger partial charge >= 0.3 is 0 Å². The summed E-state index contributed by atoms with van der Waals surface area (Å²) in [5, 5.41) is 3.53. The van der Waals surface area contributed by atoms with Crippen molar-refractivity contribution in [2.45, 2.75) is 25.4 Å². The predicted molar refractivity (Wildman–Crippen MR) is 64.4 cm³/mol. The van der Waals surface area contributed by atoms with E-state index in [1.54, 1.807) is 0 Å². The molecule has 1 saturated carbocycles. The van der Waals surface area contributed by atoms with Gasteiger partial charge in [0.2, 0.25) is 0 Å². The largest absolute Gasteiger partial charge is 0.372 e. The fourth-order valence-electron chi connectivity index (χ4n) is 2.39. The Labute approximate surface area is 97.0 Å². The molecule has 86 valence electrons. The standard InChI is InChI=1S/C14H19NO/c1-2-4-13-12(3-1)7-8-16-14(13)10-15-9-11-5-6-11/h1-4,11,14-15H,5-10H2. The Morgan fingerprint density at radius 2 is 2.06 bits per heavy atom. The van der Waals surface area contributed by atoms with E-state index in [2.05, 4.69) is 29.6 Å². The number of fused-ring (bicyclic) bond motifs is 1. The lowest BCUT2D eigenvalue weighted by atomic mass is 9.97. The number of hydrogen-bond acceptors (Lipinski definition) is 2. The average Bonchev–Trinajstić information content (AvgIpc) is 3.13. The highest BCUT2D eigenvalue weighted by molar-refractivity contribution is 5.31. The molecule has 0 radical (unpaired) electrons. The van der Waals surface area contributed by atoms with Crippen LogP contribution in [0.3, 0.4) is 0 Å². The third kappa shape index (κ3) is 2.28. The fourth-order valence-corrected chi connectivity index (χ4v) is 2.39. The maximum Gasteiger partial charge on any atom is 0.0952 e. The molecule has 1 unspecified atom stereocenters. The Kier molecular flexibility index (Phi) is 2.94. The summed E-state index contributed by atoms with van der Waals surface area (Å²) in [6.45, 7) is 3.00. The minimum Gasteiger partial charge on any atom is -0.372 e. The van der Waals surface area contributed by atoms with Gasteiger partial charge in [0.1, 0.15) is 0 Å². The van der Waals surface area contributed by atoms with Crippen LogP contribution in [-0.2, 0) is 11.2 Å². The Hall–Kier alpha value is -0.860. The lowest BCUT2D eigenvalue weighted by Gasteiger charge is -2.26. The van der Waals surface area contributed by atoms with Gasteiger partial charge in [0, 0.05) is 6.54 Å². The molecule has 1 fully saturated rings. The van der Waals surface area contributed by atoms with E-state index in [4.69, 9.17) is 4.74 Å². The molecular formula is C14H19NO. The summed E-state index contributed by atoms with van der Waals surface area (Å²) in [5.74, 6) is 0.943. The molecule has 0 saturated heterocycles. The summed E-state index contributed by atoms with van der Waals surface area (Å²) in [7, 11) is 0. The Morgan fingerprint density at radius 1 is 1.19 bits per heavy atom. The van der Waals surface area contributed by atoms with E-state index >= 15 is 0 Å². The van der Waals surface area contributed by atoms with Gasteiger partial charge in [-0.1, -0.05) is 24.3 Å². The smallest absolute Gasteiger partial charge is 0.0952 e. The molecule has 2 nitrogen and oxygen atoms in total. The van der Waals surface area contributed by atoms with Gasteiger partial charge in [-0.15, -0.1) is 0 Å². The molecule has 0 aromatic heterocycles. The first-order chi connectivity index (χ1) is 7.93. The number of benzene rings is 1. The van der Waals surface area contributed by atoms with E-state index < -0.39 is 0 Å². The zero-order chi connectivity index (χ0) is 10.8. The van der Waals surface area contributed by atoms with Crippen molar-refractivity contribution in [3.63, 3.8) is 0 Å². The van der Waals surface area contributed by atoms with Gasteiger partial charge in [-0.2, -0.15) is 0 Å². The molecule has 1 aromatic rings. The first-order valence-electron chi connectivity index (χ1n) is 6.33. The van der Waals surface area contributed by atoms with Crippen molar-refractivity contribution in [1.29, 1.82) is 0 Å². The predicted octanol–water partition coefficient (Wildman–Crippen LogP) is 2.30. The zero-order valence-electron chi connectivity index (χ0n) is 9.61. The quantitative estimate of drug-likeness (QED) is 0.835. The van der Waals surface area contributed by atoms with Crippen LogP contribution in [0.1, 0.15) is 30.1 Å². The van der Waals surface area contributed by atoms with Crippen molar-refractivity contribution in [2.24, 2.45) is 5.92 Å². The highest BCUT2D eigenvalue weighted by Crippen LogP contribution is 2.29. The molecule has 1 aliphatic carbocycles. The molecular weight excluding hydrogens is 198 g/mol. The van der Waals surface area contributed by atoms with E-state index in [9.17, 15) is 0 Å². The molecule has 16 heavy (non-hydrogen) atoms. The zero-order valence-corrected chi connectivity index (χ0v) is 9.61. The molecule has 1 atom stereocenters. The lowest BCUT2D eigenvalue weighted by Crippen LogP contribution is -2.28. The average molecular weight is 217 g/mol. The van der Waals surface area contributed by atoms with E-state index in [0.717, 1.165) is 25.5 Å². The maximum atomic E-state index is 5.84. The molecule has 1 aliphatic heterocycles. The molecule has 1 heterocycles. The second kappa shape index (κ2) is 4.56. The molecule has 0 spiro atoms. The highest BCUT2D eigenvalue weighted by Gasteiger charge is 2.23. The van der Waals surface area contributed by atoms with Gasteiger partial charge in [0.25, 0.3) is 0 Å². The van der Waals surface area contributed by atoms with Crippen LogP contribution < -0.4 is 5.32 Å². The van der Waals surface area contributed by atoms with Crippen LogP contribution in [0, 0.1) is 5.92 Å². The highest BCUT2D eigenvalue weighted by atomic mass is 16.5. The van der Waals surface area contributed by atoms with Gasteiger partial charge in [0.05, 0.1) is 12.7 Å². The van der Waals surface area contributed by atoms with Crippen LogP contribution >= 0.6 is 0 Å². The SMILES string of the molecule is c1ccc2c(c1)CCOC2CNCC1CC1. The number of hydrogen-bond donors (Lipinski definition) is 1. The van der Waals surface area contributed by atoms with Crippen LogP contribution in [0.15, 0.2) is 24.3 Å². The van der Waals surface area contributed by atoms with E-state index in [1.165, 1.54) is 30.5 Å². The molecule has 2 heteroatoms. The Bertz CT molecular complexity index is 360. The number of ether oxygens (including phenoxy) is 1. The molecule has 3 rings (SSSR count). The van der Waals surface area contributed by atoms with Gasteiger partial charge in [-0.05, 0) is 42.9 Å². The second-order valence-electron chi connectivity index (χ2n) is 4.91. The first-order valence-corrected chi connectivity index (χ1v) is 6.33. The summed E-state index contributed by atoms with van der Waals surface area (Å²) >= 11 is 0. The Balaban J connectivity index is 1.62. The Morgan fingerprint density at radius 3 is 2.94 bits per heavy atom. The normalized spacial score (nSPS) is 24.1. The van der Waals surface area contributed by atoms with Crippen molar-refractivity contribution in [1.82, 2.24) is 5.32 Å². The van der Waals surface area contributed by atoms with E-state index in [-0.39, 0.29) is 6.10 Å². The summed E-state index contributed by atoms with van der Waals surface area (Å²) in [5.41, 5.74) is 2.85. The molecule has 1 aromatic carbocycles. The minimum absolute atomic E-state index is 0.267. The third-order valence-electron chi connectivity index (χ3n) is 3.55. The van der Waals surface area contributed by atoms with Crippen LogP contribution in [-0.4, -0.2) is 19.7 Å². The summed E-state index contributed by atoms with van der Waals surface area (Å²) in [4.78, 5) is 0. The van der Waals surface area contributed by atoms with Crippen molar-refractivity contribution in [3.8, 4) is 0 Å². The summed E-state index contributed by atoms with van der Waals surface area (Å²) in [6.07, 6.45) is 4.16. The van der Waals surface area contributed by atoms with E-state index in [0.29, 0.717) is 0 Å². The molecule has 1 N–H and O–H groups in total. The summed E-state index contributed by atoms with van der Waals surface area (Å²) in [6, 6.07) is 8.67. The van der Waals surface area contributed by atoms with Gasteiger partial charge in [-0.3, -0.25) is 0 Å². The van der Waals surface area contributed by atoms with Crippen LogP contribution in [0.25, 0.3) is 0 Å².